The van der Waals surface area contributed by atoms with Gasteiger partial charge in [-0.1, -0.05) is 12.1 Å². The second-order valence-electron chi connectivity index (χ2n) is 4.76. The van der Waals surface area contributed by atoms with Crippen molar-refractivity contribution in [3.05, 3.63) is 29.8 Å². The largest absolute Gasteiger partial charge is 0.508 e. The molecule has 0 radical (unpaired) electrons. The molecular formula is C14H17NO4S. The molecule has 6 heteroatoms. The predicted molar refractivity (Wildman–Crippen MR) is 76.9 cm³/mol. The van der Waals surface area contributed by atoms with E-state index in [9.17, 15) is 14.7 Å². The van der Waals surface area contributed by atoms with Gasteiger partial charge < -0.3 is 15.1 Å². The lowest BCUT2D eigenvalue weighted by Gasteiger charge is -2.34. The van der Waals surface area contributed by atoms with Crippen molar-refractivity contribution in [3.63, 3.8) is 0 Å². The summed E-state index contributed by atoms with van der Waals surface area (Å²) < 4.78 is 0. The van der Waals surface area contributed by atoms with Crippen LogP contribution in [-0.4, -0.2) is 51.1 Å². The number of hydrogen-bond donors (Lipinski definition) is 2. The smallest absolute Gasteiger partial charge is 0.305 e. The minimum absolute atomic E-state index is 0.00564. The molecule has 0 aromatic heterocycles. The molecule has 2 N–H and O–H groups in total. The molecule has 5 nitrogen and oxygen atoms in total. The summed E-state index contributed by atoms with van der Waals surface area (Å²) in [6, 6.07) is 6.28. The number of thioether (sulfide) groups is 1. The lowest BCUT2D eigenvalue weighted by Crippen LogP contribution is -2.47. The summed E-state index contributed by atoms with van der Waals surface area (Å²) in [6.45, 7) is 0.597. The standard InChI is InChI=1S/C14H17NO4S/c16-12-3-1-10(2-4-12)7-13(17)15-5-6-20-9-11(15)8-14(18)19/h1-4,11,16H,5-9H2,(H,18,19). The molecule has 1 saturated heterocycles. The normalized spacial score (nSPS) is 18.8. The van der Waals surface area contributed by atoms with Crippen LogP contribution in [0.5, 0.6) is 5.75 Å². The number of carbonyl (C=O) groups is 2. The van der Waals surface area contributed by atoms with Gasteiger partial charge in [0.2, 0.25) is 5.91 Å². The Morgan fingerprint density at radius 2 is 2.00 bits per heavy atom. The lowest BCUT2D eigenvalue weighted by molar-refractivity contribution is -0.140. The van der Waals surface area contributed by atoms with Crippen molar-refractivity contribution in [3.8, 4) is 5.75 Å². The number of carbonyl (C=O) groups excluding carboxylic acids is 1. The van der Waals surface area contributed by atoms with E-state index in [1.807, 2.05) is 0 Å². The van der Waals surface area contributed by atoms with Crippen LogP contribution in [0.1, 0.15) is 12.0 Å². The van der Waals surface area contributed by atoms with Gasteiger partial charge >= 0.3 is 5.97 Å². The summed E-state index contributed by atoms with van der Waals surface area (Å²) in [6.07, 6.45) is 0.232. The van der Waals surface area contributed by atoms with Crippen LogP contribution < -0.4 is 0 Å². The molecule has 0 saturated carbocycles. The summed E-state index contributed by atoms with van der Waals surface area (Å²) in [4.78, 5) is 24.8. The van der Waals surface area contributed by atoms with E-state index in [2.05, 4.69) is 0 Å². The summed E-state index contributed by atoms with van der Waals surface area (Å²) in [5.74, 6) is 0.756. The van der Waals surface area contributed by atoms with E-state index in [4.69, 9.17) is 5.11 Å². The van der Waals surface area contributed by atoms with Gasteiger partial charge in [0, 0.05) is 18.1 Å². The summed E-state index contributed by atoms with van der Waals surface area (Å²) >= 11 is 1.68. The molecule has 1 aromatic carbocycles. The molecule has 20 heavy (non-hydrogen) atoms. The number of carboxylic acids is 1. The highest BCUT2D eigenvalue weighted by Crippen LogP contribution is 2.20. The van der Waals surface area contributed by atoms with Crippen molar-refractivity contribution < 1.29 is 19.8 Å². The van der Waals surface area contributed by atoms with Crippen LogP contribution in [0.4, 0.5) is 0 Å². The quantitative estimate of drug-likeness (QED) is 0.877. The molecule has 1 aliphatic heterocycles. The molecule has 0 spiro atoms. The first-order valence-corrected chi connectivity index (χ1v) is 7.58. The Morgan fingerprint density at radius 1 is 1.30 bits per heavy atom. The third kappa shape index (κ3) is 3.90. The van der Waals surface area contributed by atoms with Crippen molar-refractivity contribution in [2.45, 2.75) is 18.9 Å². The van der Waals surface area contributed by atoms with Gasteiger partial charge in [-0.2, -0.15) is 11.8 Å². The first-order valence-electron chi connectivity index (χ1n) is 6.43. The van der Waals surface area contributed by atoms with Gasteiger partial charge in [0.05, 0.1) is 18.9 Å². The Kier molecular flexibility index (Phi) is 4.89. The van der Waals surface area contributed by atoms with Crippen LogP contribution in [0, 0.1) is 0 Å². The van der Waals surface area contributed by atoms with Gasteiger partial charge in [0.25, 0.3) is 0 Å². The van der Waals surface area contributed by atoms with E-state index in [-0.39, 0.29) is 30.5 Å². The summed E-state index contributed by atoms with van der Waals surface area (Å²) in [7, 11) is 0. The van der Waals surface area contributed by atoms with E-state index in [0.29, 0.717) is 12.3 Å². The van der Waals surface area contributed by atoms with Crippen LogP contribution >= 0.6 is 11.8 Å². The predicted octanol–water partition coefficient (Wildman–Crippen LogP) is 1.35. The number of benzene rings is 1. The highest BCUT2D eigenvalue weighted by atomic mass is 32.2. The fourth-order valence-corrected chi connectivity index (χ4v) is 3.31. The Bertz CT molecular complexity index is 488. The Morgan fingerprint density at radius 3 is 2.65 bits per heavy atom. The third-order valence-corrected chi connectivity index (χ3v) is 4.34. The van der Waals surface area contributed by atoms with Crippen molar-refractivity contribution in [2.24, 2.45) is 0 Å². The molecule has 1 fully saturated rings. The van der Waals surface area contributed by atoms with Gasteiger partial charge in [-0.15, -0.1) is 0 Å². The highest BCUT2D eigenvalue weighted by Gasteiger charge is 2.28. The van der Waals surface area contributed by atoms with Crippen molar-refractivity contribution in [1.29, 1.82) is 0 Å². The topological polar surface area (TPSA) is 77.8 Å². The zero-order valence-electron chi connectivity index (χ0n) is 11.0. The maximum Gasteiger partial charge on any atom is 0.305 e. The first-order chi connectivity index (χ1) is 9.56. The molecule has 1 heterocycles. The Balaban J connectivity index is 2.01. The number of nitrogens with zero attached hydrogens (tertiary/aromatic N) is 1. The summed E-state index contributed by atoms with van der Waals surface area (Å²) in [5, 5.41) is 18.1. The van der Waals surface area contributed by atoms with Crippen molar-refractivity contribution in [2.75, 3.05) is 18.1 Å². The highest BCUT2D eigenvalue weighted by molar-refractivity contribution is 7.99. The number of aliphatic carboxylic acids is 1. The maximum atomic E-state index is 12.3. The molecule has 0 aliphatic carbocycles. The van der Waals surface area contributed by atoms with Crippen LogP contribution in [0.15, 0.2) is 24.3 Å². The maximum absolute atomic E-state index is 12.3. The van der Waals surface area contributed by atoms with E-state index in [1.165, 1.54) is 0 Å². The zero-order valence-corrected chi connectivity index (χ0v) is 11.8. The lowest BCUT2D eigenvalue weighted by atomic mass is 10.1. The SMILES string of the molecule is O=C(O)CC1CSCCN1C(=O)Cc1ccc(O)cc1. The number of aromatic hydroxyl groups is 1. The molecule has 1 amide bonds. The van der Waals surface area contributed by atoms with Gasteiger partial charge in [0.1, 0.15) is 5.75 Å². The average Bonchev–Trinajstić information content (AvgIpc) is 2.41. The molecule has 0 bridgehead atoms. The molecule has 108 valence electrons. The van der Waals surface area contributed by atoms with Crippen LogP contribution in [0.25, 0.3) is 0 Å². The third-order valence-electron chi connectivity index (χ3n) is 3.25. The monoisotopic (exact) mass is 295 g/mol. The van der Waals surface area contributed by atoms with Crippen molar-refractivity contribution >= 4 is 23.6 Å². The van der Waals surface area contributed by atoms with Crippen LogP contribution in [0.3, 0.4) is 0 Å². The Labute approximate surface area is 121 Å². The molecule has 1 aromatic rings. The van der Waals surface area contributed by atoms with E-state index in [1.54, 1.807) is 40.9 Å². The minimum Gasteiger partial charge on any atom is -0.508 e. The minimum atomic E-state index is -0.875. The van der Waals surface area contributed by atoms with Crippen LogP contribution in [-0.2, 0) is 16.0 Å². The number of phenols is 1. The fourth-order valence-electron chi connectivity index (χ4n) is 2.24. The molecule has 1 atom stereocenters. The second-order valence-corrected chi connectivity index (χ2v) is 5.91. The van der Waals surface area contributed by atoms with E-state index in [0.717, 1.165) is 11.3 Å². The van der Waals surface area contributed by atoms with Gasteiger partial charge in [-0.05, 0) is 17.7 Å². The number of amides is 1. The van der Waals surface area contributed by atoms with Crippen molar-refractivity contribution in [1.82, 2.24) is 4.90 Å². The van der Waals surface area contributed by atoms with Gasteiger partial charge in [-0.25, -0.2) is 0 Å². The fraction of sp³-hybridized carbons (Fsp3) is 0.429. The van der Waals surface area contributed by atoms with Gasteiger partial charge in [0.15, 0.2) is 0 Å². The number of rotatable bonds is 4. The zero-order chi connectivity index (χ0) is 14.5. The molecule has 2 rings (SSSR count). The van der Waals surface area contributed by atoms with Gasteiger partial charge in [-0.3, -0.25) is 9.59 Å². The number of carboxylic acid groups (broad SMARTS) is 1. The van der Waals surface area contributed by atoms with E-state index < -0.39 is 5.97 Å². The second kappa shape index (κ2) is 6.65. The van der Waals surface area contributed by atoms with Crippen LogP contribution in [0.2, 0.25) is 0 Å². The van der Waals surface area contributed by atoms with E-state index >= 15 is 0 Å². The molecule has 1 unspecified atom stereocenters. The number of hydrogen-bond acceptors (Lipinski definition) is 4. The molecular weight excluding hydrogens is 278 g/mol. The summed E-state index contributed by atoms with van der Waals surface area (Å²) in [5.41, 5.74) is 0.820. The number of phenolic OH excluding ortho intramolecular Hbond substituents is 1. The Hall–Kier alpha value is -1.69. The molecule has 1 aliphatic rings. The first kappa shape index (κ1) is 14.7. The average molecular weight is 295 g/mol.